The summed E-state index contributed by atoms with van der Waals surface area (Å²) in [4.78, 5) is 29.4. The number of benzene rings is 2. The molecule has 2 aromatic carbocycles. The van der Waals surface area contributed by atoms with Gasteiger partial charge in [-0.15, -0.1) is 0 Å². The van der Waals surface area contributed by atoms with Crippen molar-refractivity contribution in [3.8, 4) is 5.75 Å². The minimum atomic E-state index is -0.679. The topological polar surface area (TPSA) is 73.9 Å². The maximum Gasteiger partial charge on any atom is 0.313 e. The molecular formula is C23H30N4O3. The van der Waals surface area contributed by atoms with Crippen LogP contribution in [0.5, 0.6) is 5.75 Å². The van der Waals surface area contributed by atoms with Crippen molar-refractivity contribution in [2.45, 2.75) is 13.0 Å². The van der Waals surface area contributed by atoms with Gasteiger partial charge in [0, 0.05) is 38.4 Å². The van der Waals surface area contributed by atoms with Crippen LogP contribution in [-0.4, -0.2) is 68.5 Å². The molecular weight excluding hydrogens is 380 g/mol. The van der Waals surface area contributed by atoms with Gasteiger partial charge in [0.1, 0.15) is 5.75 Å². The quantitative estimate of drug-likeness (QED) is 0.713. The lowest BCUT2D eigenvalue weighted by molar-refractivity contribution is -0.136. The normalized spacial score (nSPS) is 16.0. The monoisotopic (exact) mass is 410 g/mol. The molecule has 1 aliphatic rings. The predicted molar refractivity (Wildman–Crippen MR) is 118 cm³/mol. The van der Waals surface area contributed by atoms with Crippen molar-refractivity contribution in [3.05, 3.63) is 59.7 Å². The number of amides is 2. The van der Waals surface area contributed by atoms with E-state index in [9.17, 15) is 9.59 Å². The summed E-state index contributed by atoms with van der Waals surface area (Å²) in [7, 11) is 3.69. The summed E-state index contributed by atoms with van der Waals surface area (Å²) in [5, 5.41) is 5.44. The van der Waals surface area contributed by atoms with Gasteiger partial charge in [-0.3, -0.25) is 14.5 Å². The third-order valence-corrected chi connectivity index (χ3v) is 5.45. The molecule has 1 fully saturated rings. The molecule has 7 heteroatoms. The van der Waals surface area contributed by atoms with Crippen molar-refractivity contribution in [1.82, 2.24) is 15.1 Å². The zero-order valence-electron chi connectivity index (χ0n) is 17.9. The molecule has 30 heavy (non-hydrogen) atoms. The maximum atomic E-state index is 12.4. The lowest BCUT2D eigenvalue weighted by Crippen LogP contribution is -2.49. The molecule has 2 aromatic rings. The zero-order valence-corrected chi connectivity index (χ0v) is 17.9. The van der Waals surface area contributed by atoms with Gasteiger partial charge in [0.15, 0.2) is 0 Å². The van der Waals surface area contributed by atoms with Crippen LogP contribution in [0.25, 0.3) is 0 Å². The van der Waals surface area contributed by atoms with Gasteiger partial charge in [-0.05, 0) is 43.8 Å². The Balaban J connectivity index is 1.62. The van der Waals surface area contributed by atoms with Crippen LogP contribution in [0, 0.1) is 6.92 Å². The third-order valence-electron chi connectivity index (χ3n) is 5.45. The first-order chi connectivity index (χ1) is 14.5. The highest BCUT2D eigenvalue weighted by Crippen LogP contribution is 2.22. The minimum absolute atomic E-state index is 0.0250. The van der Waals surface area contributed by atoms with Crippen molar-refractivity contribution in [2.75, 3.05) is 52.2 Å². The van der Waals surface area contributed by atoms with E-state index < -0.39 is 11.8 Å². The molecule has 1 saturated heterocycles. The Morgan fingerprint density at radius 2 is 1.60 bits per heavy atom. The number of likely N-dealkylation sites (N-methyl/N-ethyl adjacent to an activating group) is 1. The Morgan fingerprint density at radius 1 is 0.967 bits per heavy atom. The summed E-state index contributed by atoms with van der Waals surface area (Å²) < 4.78 is 5.10. The second kappa shape index (κ2) is 10.2. The highest BCUT2D eigenvalue weighted by atomic mass is 16.5. The largest absolute Gasteiger partial charge is 0.497 e. The van der Waals surface area contributed by atoms with E-state index in [2.05, 4.69) is 58.7 Å². The number of hydrogen-bond donors (Lipinski definition) is 2. The first-order valence-electron chi connectivity index (χ1n) is 10.2. The van der Waals surface area contributed by atoms with Gasteiger partial charge in [0.05, 0.1) is 13.2 Å². The predicted octanol–water partition coefficient (Wildman–Crippen LogP) is 2.05. The first kappa shape index (κ1) is 21.8. The van der Waals surface area contributed by atoms with Crippen LogP contribution in [0.1, 0.15) is 17.2 Å². The van der Waals surface area contributed by atoms with Crippen LogP contribution in [-0.2, 0) is 9.59 Å². The van der Waals surface area contributed by atoms with Gasteiger partial charge in [-0.2, -0.15) is 0 Å². The number of piperazine rings is 1. The van der Waals surface area contributed by atoms with Crippen molar-refractivity contribution in [1.29, 1.82) is 0 Å². The van der Waals surface area contributed by atoms with Crippen molar-refractivity contribution < 1.29 is 14.3 Å². The van der Waals surface area contributed by atoms with E-state index in [4.69, 9.17) is 4.74 Å². The SMILES string of the molecule is COc1ccc(NC(=O)C(=O)NCC(c2ccc(C)cc2)N2CCN(C)CC2)cc1. The Morgan fingerprint density at radius 3 is 2.20 bits per heavy atom. The Bertz CT molecular complexity index is 844. The van der Waals surface area contributed by atoms with Crippen molar-refractivity contribution in [2.24, 2.45) is 0 Å². The lowest BCUT2D eigenvalue weighted by Gasteiger charge is -2.38. The maximum absolute atomic E-state index is 12.4. The highest BCUT2D eigenvalue weighted by Gasteiger charge is 2.25. The third kappa shape index (κ3) is 5.81. The smallest absolute Gasteiger partial charge is 0.313 e. The van der Waals surface area contributed by atoms with E-state index in [0.717, 1.165) is 31.7 Å². The summed E-state index contributed by atoms with van der Waals surface area (Å²) in [5.74, 6) is -0.635. The van der Waals surface area contributed by atoms with Crippen molar-refractivity contribution >= 4 is 17.5 Å². The van der Waals surface area contributed by atoms with Crippen LogP contribution in [0.2, 0.25) is 0 Å². The van der Waals surface area contributed by atoms with Crippen LogP contribution < -0.4 is 15.4 Å². The van der Waals surface area contributed by atoms with Gasteiger partial charge in [0.25, 0.3) is 0 Å². The molecule has 3 rings (SSSR count). The molecule has 1 atom stereocenters. The molecule has 1 unspecified atom stereocenters. The number of nitrogens with one attached hydrogen (secondary N) is 2. The number of anilines is 1. The minimum Gasteiger partial charge on any atom is -0.497 e. The molecule has 2 amide bonds. The zero-order chi connectivity index (χ0) is 21.5. The van der Waals surface area contributed by atoms with E-state index in [1.54, 1.807) is 31.4 Å². The number of ether oxygens (including phenoxy) is 1. The lowest BCUT2D eigenvalue weighted by atomic mass is 10.0. The summed E-state index contributed by atoms with van der Waals surface area (Å²) in [6.45, 7) is 6.23. The number of rotatable bonds is 6. The molecule has 0 radical (unpaired) electrons. The van der Waals surface area contributed by atoms with Crippen LogP contribution in [0.4, 0.5) is 5.69 Å². The number of nitrogens with zero attached hydrogens (tertiary/aromatic N) is 2. The fourth-order valence-electron chi connectivity index (χ4n) is 3.51. The van der Waals surface area contributed by atoms with Crippen LogP contribution in [0.15, 0.2) is 48.5 Å². The Kier molecular flexibility index (Phi) is 7.43. The molecule has 0 aromatic heterocycles. The molecule has 0 saturated carbocycles. The van der Waals surface area contributed by atoms with E-state index in [1.807, 2.05) is 0 Å². The first-order valence-corrected chi connectivity index (χ1v) is 10.2. The molecule has 7 nitrogen and oxygen atoms in total. The van der Waals surface area contributed by atoms with Crippen molar-refractivity contribution in [3.63, 3.8) is 0 Å². The van der Waals surface area contributed by atoms with Gasteiger partial charge in [-0.1, -0.05) is 29.8 Å². The van der Waals surface area contributed by atoms with Gasteiger partial charge < -0.3 is 20.3 Å². The van der Waals surface area contributed by atoms with E-state index in [1.165, 1.54) is 5.56 Å². The average molecular weight is 411 g/mol. The Hall–Kier alpha value is -2.90. The summed E-state index contributed by atoms with van der Waals surface area (Å²) in [6.07, 6.45) is 0. The molecule has 1 heterocycles. The molecule has 0 bridgehead atoms. The second-order valence-corrected chi connectivity index (χ2v) is 7.66. The number of hydrogen-bond acceptors (Lipinski definition) is 5. The molecule has 0 aliphatic carbocycles. The number of carbonyl (C=O) groups is 2. The van der Waals surface area contributed by atoms with Crippen LogP contribution in [0.3, 0.4) is 0 Å². The molecule has 160 valence electrons. The number of carbonyl (C=O) groups excluding carboxylic acids is 2. The van der Waals surface area contributed by atoms with Gasteiger partial charge in [-0.25, -0.2) is 0 Å². The standard InChI is InChI=1S/C23H30N4O3/c1-17-4-6-18(7-5-17)21(27-14-12-26(2)13-15-27)16-24-22(28)23(29)25-19-8-10-20(30-3)11-9-19/h4-11,21H,12-16H2,1-3H3,(H,24,28)(H,25,29). The highest BCUT2D eigenvalue weighted by molar-refractivity contribution is 6.39. The molecule has 2 N–H and O–H groups in total. The summed E-state index contributed by atoms with van der Waals surface area (Å²) in [6, 6.07) is 15.2. The number of methoxy groups -OCH3 is 1. The Labute approximate surface area is 178 Å². The van der Waals surface area contributed by atoms with Gasteiger partial charge >= 0.3 is 11.8 Å². The van der Waals surface area contributed by atoms with Gasteiger partial charge in [0.2, 0.25) is 0 Å². The second-order valence-electron chi connectivity index (χ2n) is 7.66. The summed E-state index contributed by atoms with van der Waals surface area (Å²) >= 11 is 0. The molecule has 0 spiro atoms. The fourth-order valence-corrected chi connectivity index (χ4v) is 3.51. The van der Waals surface area contributed by atoms with E-state index in [-0.39, 0.29) is 6.04 Å². The van der Waals surface area contributed by atoms with Crippen LogP contribution >= 0.6 is 0 Å². The van der Waals surface area contributed by atoms with E-state index in [0.29, 0.717) is 18.0 Å². The average Bonchev–Trinajstić information content (AvgIpc) is 2.76. The fraction of sp³-hybridized carbons (Fsp3) is 0.391. The van der Waals surface area contributed by atoms with E-state index >= 15 is 0 Å². The number of aryl methyl sites for hydroxylation is 1. The summed E-state index contributed by atoms with van der Waals surface area (Å²) in [5.41, 5.74) is 2.88. The molecule has 1 aliphatic heterocycles.